The number of nitrogens with zero attached hydrogens (tertiary/aromatic N) is 1. The van der Waals surface area contributed by atoms with Crippen LogP contribution in [0.2, 0.25) is 0 Å². The summed E-state index contributed by atoms with van der Waals surface area (Å²) >= 11 is 3.18. The van der Waals surface area contributed by atoms with E-state index < -0.39 is 12.0 Å². The zero-order chi connectivity index (χ0) is 14.1. The van der Waals surface area contributed by atoms with Crippen LogP contribution in [-0.2, 0) is 11.3 Å². The lowest BCUT2D eigenvalue weighted by Crippen LogP contribution is -2.50. The second-order valence-electron chi connectivity index (χ2n) is 5.06. The normalized spacial score (nSPS) is 25.7. The predicted molar refractivity (Wildman–Crippen MR) is 78.8 cm³/mol. The summed E-state index contributed by atoms with van der Waals surface area (Å²) in [4.78, 5) is 26.3. The third-order valence-corrected chi connectivity index (χ3v) is 5.91. The number of thioether (sulfide) groups is 1. The van der Waals surface area contributed by atoms with Crippen molar-refractivity contribution in [3.05, 3.63) is 22.4 Å². The topological polar surface area (TPSA) is 69.6 Å². The fraction of sp³-hybridized carbons (Fsp3) is 0.538. The van der Waals surface area contributed by atoms with Crippen molar-refractivity contribution in [1.82, 2.24) is 10.2 Å². The number of carboxylic acid groups (broad SMARTS) is 1. The molecule has 0 aromatic carbocycles. The molecule has 2 N–H and O–H groups in total. The number of carbonyl (C=O) groups excluding carboxylic acids is 1. The standard InChI is InChI=1S/C13H16N2O3S2/c16-12(17)10-7-20-11(8-3-4-8)15(10)13(18)14-6-9-2-1-5-19-9/h1-2,5,8,10-11H,3-4,6-7H2,(H,14,18)(H,16,17). The number of nitrogens with one attached hydrogen (secondary N) is 1. The quantitative estimate of drug-likeness (QED) is 0.894. The Kier molecular flexibility index (Phi) is 3.89. The molecular weight excluding hydrogens is 296 g/mol. The van der Waals surface area contributed by atoms with Crippen LogP contribution in [0.4, 0.5) is 4.79 Å². The molecule has 2 fully saturated rings. The van der Waals surface area contributed by atoms with Gasteiger partial charge in [-0.3, -0.25) is 4.90 Å². The lowest BCUT2D eigenvalue weighted by atomic mass is 10.2. The third-order valence-electron chi connectivity index (χ3n) is 3.57. The Balaban J connectivity index is 1.67. The number of carbonyl (C=O) groups is 2. The monoisotopic (exact) mass is 312 g/mol. The van der Waals surface area contributed by atoms with Crippen LogP contribution < -0.4 is 5.32 Å². The van der Waals surface area contributed by atoms with Gasteiger partial charge in [-0.25, -0.2) is 9.59 Å². The molecule has 0 bridgehead atoms. The van der Waals surface area contributed by atoms with E-state index in [4.69, 9.17) is 0 Å². The summed E-state index contributed by atoms with van der Waals surface area (Å²) < 4.78 is 0. The summed E-state index contributed by atoms with van der Waals surface area (Å²) in [6, 6.07) is 2.93. The van der Waals surface area contributed by atoms with E-state index in [1.165, 1.54) is 4.90 Å². The Morgan fingerprint density at radius 3 is 2.85 bits per heavy atom. The largest absolute Gasteiger partial charge is 0.480 e. The Morgan fingerprint density at radius 1 is 1.45 bits per heavy atom. The van der Waals surface area contributed by atoms with Gasteiger partial charge < -0.3 is 10.4 Å². The molecule has 1 aromatic rings. The average Bonchev–Trinajstić information content (AvgIpc) is 2.97. The van der Waals surface area contributed by atoms with Crippen molar-refractivity contribution in [1.29, 1.82) is 0 Å². The zero-order valence-corrected chi connectivity index (χ0v) is 12.5. The van der Waals surface area contributed by atoms with E-state index in [-0.39, 0.29) is 11.4 Å². The van der Waals surface area contributed by atoms with Gasteiger partial charge in [-0.2, -0.15) is 0 Å². The summed E-state index contributed by atoms with van der Waals surface area (Å²) in [7, 11) is 0. The number of thiophene rings is 1. The molecule has 0 spiro atoms. The Bertz CT molecular complexity index is 502. The number of hydrogen-bond acceptors (Lipinski definition) is 4. The minimum atomic E-state index is -0.910. The highest BCUT2D eigenvalue weighted by atomic mass is 32.2. The predicted octanol–water partition coefficient (Wildman–Crippen LogP) is 2.20. The van der Waals surface area contributed by atoms with Gasteiger partial charge in [0.25, 0.3) is 0 Å². The van der Waals surface area contributed by atoms with Crippen molar-refractivity contribution in [2.45, 2.75) is 30.8 Å². The summed E-state index contributed by atoms with van der Waals surface area (Å²) in [5, 5.41) is 14.1. The molecule has 2 unspecified atom stereocenters. The van der Waals surface area contributed by atoms with Crippen molar-refractivity contribution in [2.24, 2.45) is 5.92 Å². The van der Waals surface area contributed by atoms with Crippen LogP contribution >= 0.6 is 23.1 Å². The first-order valence-electron chi connectivity index (χ1n) is 6.60. The van der Waals surface area contributed by atoms with Crippen LogP contribution in [0.3, 0.4) is 0 Å². The van der Waals surface area contributed by atoms with E-state index in [0.29, 0.717) is 18.2 Å². The molecule has 2 heterocycles. The Labute approximate surface area is 125 Å². The van der Waals surface area contributed by atoms with Gasteiger partial charge in [0, 0.05) is 10.6 Å². The van der Waals surface area contributed by atoms with Crippen molar-refractivity contribution in [2.75, 3.05) is 5.75 Å². The third kappa shape index (κ3) is 2.78. The van der Waals surface area contributed by atoms with Crippen LogP contribution in [0.25, 0.3) is 0 Å². The van der Waals surface area contributed by atoms with Crippen LogP contribution in [0.1, 0.15) is 17.7 Å². The lowest BCUT2D eigenvalue weighted by Gasteiger charge is -2.27. The number of rotatable bonds is 4. The lowest BCUT2D eigenvalue weighted by molar-refractivity contribution is -0.141. The Hall–Kier alpha value is -1.21. The summed E-state index contributed by atoms with van der Waals surface area (Å²) in [5.41, 5.74) is 0. The number of carboxylic acids is 1. The minimum absolute atomic E-state index is 0.0273. The van der Waals surface area contributed by atoms with Gasteiger partial charge in [0.1, 0.15) is 6.04 Å². The second kappa shape index (κ2) is 5.65. The number of urea groups is 1. The average molecular weight is 312 g/mol. The summed E-state index contributed by atoms with van der Waals surface area (Å²) in [5.74, 6) is 0.0480. The number of amides is 2. The maximum atomic E-state index is 12.3. The molecule has 2 atom stereocenters. The van der Waals surface area contributed by atoms with E-state index in [2.05, 4.69) is 5.32 Å². The van der Waals surface area contributed by atoms with Gasteiger partial charge in [0.05, 0.1) is 11.9 Å². The molecular formula is C13H16N2O3S2. The molecule has 20 heavy (non-hydrogen) atoms. The maximum Gasteiger partial charge on any atom is 0.327 e. The second-order valence-corrected chi connectivity index (χ2v) is 7.24. The fourth-order valence-corrected chi connectivity index (χ4v) is 4.66. The molecule has 1 saturated carbocycles. The van der Waals surface area contributed by atoms with Gasteiger partial charge in [-0.1, -0.05) is 6.07 Å². The van der Waals surface area contributed by atoms with E-state index in [9.17, 15) is 14.7 Å². The van der Waals surface area contributed by atoms with E-state index in [1.807, 2.05) is 17.5 Å². The maximum absolute atomic E-state index is 12.3. The molecule has 1 saturated heterocycles. The zero-order valence-electron chi connectivity index (χ0n) is 10.8. The van der Waals surface area contributed by atoms with E-state index >= 15 is 0 Å². The van der Waals surface area contributed by atoms with Crippen molar-refractivity contribution >= 4 is 35.1 Å². The van der Waals surface area contributed by atoms with Gasteiger partial charge in [-0.15, -0.1) is 23.1 Å². The minimum Gasteiger partial charge on any atom is -0.480 e. The molecule has 3 rings (SSSR count). The van der Waals surface area contributed by atoms with Gasteiger partial charge in [0.2, 0.25) is 0 Å². The molecule has 0 radical (unpaired) electrons. The highest BCUT2D eigenvalue weighted by molar-refractivity contribution is 8.00. The van der Waals surface area contributed by atoms with Crippen LogP contribution in [0.15, 0.2) is 17.5 Å². The molecule has 1 aliphatic heterocycles. The molecule has 1 aromatic heterocycles. The highest BCUT2D eigenvalue weighted by Gasteiger charge is 2.48. The highest BCUT2D eigenvalue weighted by Crippen LogP contribution is 2.45. The first kappa shape index (κ1) is 13.8. The van der Waals surface area contributed by atoms with Crippen LogP contribution in [0.5, 0.6) is 0 Å². The number of hydrogen-bond donors (Lipinski definition) is 2. The van der Waals surface area contributed by atoms with Crippen molar-refractivity contribution < 1.29 is 14.7 Å². The van der Waals surface area contributed by atoms with Gasteiger partial charge in [0.15, 0.2) is 0 Å². The first-order chi connectivity index (χ1) is 9.66. The molecule has 7 heteroatoms. The van der Waals surface area contributed by atoms with E-state index in [1.54, 1.807) is 23.1 Å². The molecule has 2 aliphatic rings. The van der Waals surface area contributed by atoms with E-state index in [0.717, 1.165) is 17.7 Å². The van der Waals surface area contributed by atoms with Crippen LogP contribution in [0, 0.1) is 5.92 Å². The molecule has 2 amide bonds. The van der Waals surface area contributed by atoms with Crippen molar-refractivity contribution in [3.8, 4) is 0 Å². The van der Waals surface area contributed by atoms with Gasteiger partial charge >= 0.3 is 12.0 Å². The SMILES string of the molecule is O=C(O)C1CSC(C2CC2)N1C(=O)NCc1cccs1. The fourth-order valence-electron chi connectivity index (χ4n) is 2.39. The van der Waals surface area contributed by atoms with Crippen molar-refractivity contribution in [3.63, 3.8) is 0 Å². The Morgan fingerprint density at radius 2 is 2.25 bits per heavy atom. The number of aliphatic carboxylic acids is 1. The first-order valence-corrected chi connectivity index (χ1v) is 8.52. The van der Waals surface area contributed by atoms with Gasteiger partial charge in [-0.05, 0) is 30.2 Å². The summed E-state index contributed by atoms with van der Waals surface area (Å²) in [6.07, 6.45) is 2.19. The van der Waals surface area contributed by atoms with Crippen LogP contribution in [-0.4, -0.2) is 39.2 Å². The molecule has 1 aliphatic carbocycles. The molecule has 5 nitrogen and oxygen atoms in total. The smallest absolute Gasteiger partial charge is 0.327 e. The summed E-state index contributed by atoms with van der Waals surface area (Å²) in [6.45, 7) is 0.460. The molecule has 108 valence electrons.